The van der Waals surface area contributed by atoms with E-state index in [1.165, 1.54) is 11.1 Å². The topological polar surface area (TPSA) is 61.3 Å². The molecule has 1 unspecified atom stereocenters. The van der Waals surface area contributed by atoms with E-state index >= 15 is 0 Å². The van der Waals surface area contributed by atoms with Crippen LogP contribution < -0.4 is 16.2 Å². The molecule has 0 saturated heterocycles. The van der Waals surface area contributed by atoms with E-state index in [1.54, 1.807) is 0 Å². The van der Waals surface area contributed by atoms with Gasteiger partial charge in [0.25, 0.3) is 0 Å². The molecule has 1 atom stereocenters. The second-order valence-corrected chi connectivity index (χ2v) is 6.48. The summed E-state index contributed by atoms with van der Waals surface area (Å²) in [5.74, 6) is 2.42. The zero-order valence-corrected chi connectivity index (χ0v) is 14.8. The molecule has 0 aliphatic heterocycles. The highest BCUT2D eigenvalue weighted by molar-refractivity contribution is 5.40. The average molecular weight is 306 g/mol. The van der Waals surface area contributed by atoms with Gasteiger partial charge in [0.2, 0.25) is 0 Å². The van der Waals surface area contributed by atoms with Crippen molar-refractivity contribution in [2.24, 2.45) is 17.4 Å². The van der Waals surface area contributed by atoms with Crippen molar-refractivity contribution in [2.45, 2.75) is 58.8 Å². The molecule has 1 aromatic carbocycles. The molecular weight excluding hydrogens is 272 g/mol. The van der Waals surface area contributed by atoms with Crippen molar-refractivity contribution in [1.82, 2.24) is 0 Å². The summed E-state index contributed by atoms with van der Waals surface area (Å²) in [5.41, 5.74) is 14.3. The van der Waals surface area contributed by atoms with Crippen LogP contribution in [0.2, 0.25) is 0 Å². The Bertz CT molecular complexity index is 427. The van der Waals surface area contributed by atoms with Gasteiger partial charge in [-0.1, -0.05) is 39.8 Å². The number of benzene rings is 1. The van der Waals surface area contributed by atoms with Crippen molar-refractivity contribution >= 4 is 0 Å². The van der Waals surface area contributed by atoms with Gasteiger partial charge in [0.15, 0.2) is 0 Å². The molecular formula is C19H34N2O. The van der Waals surface area contributed by atoms with Crippen LogP contribution in [0.1, 0.15) is 69.9 Å². The highest BCUT2D eigenvalue weighted by Gasteiger charge is 2.17. The van der Waals surface area contributed by atoms with E-state index in [0.29, 0.717) is 30.8 Å². The van der Waals surface area contributed by atoms with Crippen LogP contribution >= 0.6 is 0 Å². The van der Waals surface area contributed by atoms with Gasteiger partial charge in [0.1, 0.15) is 5.75 Å². The molecule has 0 bridgehead atoms. The Hall–Kier alpha value is -1.06. The van der Waals surface area contributed by atoms with Gasteiger partial charge in [0, 0.05) is 0 Å². The van der Waals surface area contributed by atoms with Crippen molar-refractivity contribution in [3.05, 3.63) is 29.3 Å². The normalized spacial score (nSPS) is 12.9. The van der Waals surface area contributed by atoms with Crippen molar-refractivity contribution < 1.29 is 4.74 Å². The van der Waals surface area contributed by atoms with Crippen LogP contribution in [0.4, 0.5) is 0 Å². The molecule has 126 valence electrons. The maximum Gasteiger partial charge on any atom is 0.122 e. The van der Waals surface area contributed by atoms with Gasteiger partial charge in [-0.25, -0.2) is 0 Å². The fourth-order valence-corrected chi connectivity index (χ4v) is 2.85. The Labute approximate surface area is 136 Å². The van der Waals surface area contributed by atoms with E-state index in [4.69, 9.17) is 16.2 Å². The van der Waals surface area contributed by atoms with Crippen LogP contribution in [-0.4, -0.2) is 19.7 Å². The number of rotatable bonds is 10. The van der Waals surface area contributed by atoms with Crippen molar-refractivity contribution in [1.29, 1.82) is 0 Å². The summed E-state index contributed by atoms with van der Waals surface area (Å²) in [6, 6.07) is 6.69. The van der Waals surface area contributed by atoms with E-state index in [0.717, 1.165) is 31.6 Å². The van der Waals surface area contributed by atoms with Crippen molar-refractivity contribution in [2.75, 3.05) is 19.7 Å². The van der Waals surface area contributed by atoms with Crippen LogP contribution in [0.3, 0.4) is 0 Å². The summed E-state index contributed by atoms with van der Waals surface area (Å²) in [7, 11) is 0. The molecule has 3 nitrogen and oxygen atoms in total. The molecule has 4 N–H and O–H groups in total. The maximum atomic E-state index is 5.90. The van der Waals surface area contributed by atoms with E-state index in [9.17, 15) is 0 Å². The first-order chi connectivity index (χ1) is 10.6. The Morgan fingerprint density at radius 3 is 2.27 bits per heavy atom. The molecule has 0 fully saturated rings. The lowest BCUT2D eigenvalue weighted by Gasteiger charge is -2.23. The zero-order valence-electron chi connectivity index (χ0n) is 14.8. The summed E-state index contributed by atoms with van der Waals surface area (Å²) in [5, 5.41) is 0. The van der Waals surface area contributed by atoms with Crippen LogP contribution in [-0.2, 0) is 0 Å². The highest BCUT2D eigenvalue weighted by Crippen LogP contribution is 2.33. The fraction of sp³-hybridized carbons (Fsp3) is 0.684. The van der Waals surface area contributed by atoms with Gasteiger partial charge >= 0.3 is 0 Å². The lowest BCUT2D eigenvalue weighted by molar-refractivity contribution is 0.312. The summed E-state index contributed by atoms with van der Waals surface area (Å²) >= 11 is 0. The maximum absolute atomic E-state index is 5.90. The van der Waals surface area contributed by atoms with Crippen LogP contribution in [0.15, 0.2) is 18.2 Å². The number of hydrogen-bond acceptors (Lipinski definition) is 3. The molecule has 0 heterocycles. The summed E-state index contributed by atoms with van der Waals surface area (Å²) < 4.78 is 5.90. The first-order valence-electron chi connectivity index (χ1n) is 8.73. The number of hydrogen-bond donors (Lipinski definition) is 2. The van der Waals surface area contributed by atoms with E-state index < -0.39 is 0 Å². The monoisotopic (exact) mass is 306 g/mol. The molecule has 0 radical (unpaired) electrons. The summed E-state index contributed by atoms with van der Waals surface area (Å²) in [6.45, 7) is 10.9. The van der Waals surface area contributed by atoms with Crippen LogP contribution in [0.5, 0.6) is 5.75 Å². The van der Waals surface area contributed by atoms with Gasteiger partial charge in [0.05, 0.1) is 6.61 Å². The molecule has 0 aliphatic carbocycles. The van der Waals surface area contributed by atoms with Crippen molar-refractivity contribution in [3.8, 4) is 5.75 Å². The Balaban J connectivity index is 2.99. The fourth-order valence-electron chi connectivity index (χ4n) is 2.85. The van der Waals surface area contributed by atoms with E-state index in [2.05, 4.69) is 45.9 Å². The third-order valence-electron chi connectivity index (χ3n) is 4.37. The minimum absolute atomic E-state index is 0.406. The van der Waals surface area contributed by atoms with Crippen molar-refractivity contribution in [3.63, 3.8) is 0 Å². The van der Waals surface area contributed by atoms with Gasteiger partial charge in [-0.15, -0.1) is 0 Å². The van der Waals surface area contributed by atoms with Gasteiger partial charge < -0.3 is 16.2 Å². The number of ether oxygens (including phenoxy) is 1. The molecule has 0 aliphatic rings. The third-order valence-corrected chi connectivity index (χ3v) is 4.37. The largest absolute Gasteiger partial charge is 0.493 e. The first-order valence-corrected chi connectivity index (χ1v) is 8.73. The third kappa shape index (κ3) is 5.29. The smallest absolute Gasteiger partial charge is 0.122 e. The molecule has 0 spiro atoms. The molecule has 0 amide bonds. The second-order valence-electron chi connectivity index (χ2n) is 6.48. The molecule has 0 aromatic heterocycles. The van der Waals surface area contributed by atoms with E-state index in [1.807, 2.05) is 0 Å². The average Bonchev–Trinajstić information content (AvgIpc) is 2.54. The standard InChI is InChI=1S/C19H34N2O/c1-5-9-22-19-8-7-17(11-18(19)14(3)4)16(6-2)10-15(12-20)13-21/h7-8,11,14-16H,5-6,9-10,12-13,20-21H2,1-4H3. The van der Waals surface area contributed by atoms with Gasteiger partial charge in [-0.2, -0.15) is 0 Å². The zero-order chi connectivity index (χ0) is 16.5. The van der Waals surface area contributed by atoms with E-state index in [-0.39, 0.29) is 0 Å². The van der Waals surface area contributed by atoms with Gasteiger partial charge in [-0.05, 0) is 67.3 Å². The SMILES string of the molecule is CCCOc1ccc(C(CC)CC(CN)CN)cc1C(C)C. The van der Waals surface area contributed by atoms with Crippen LogP contribution in [0, 0.1) is 5.92 Å². The molecule has 3 heteroatoms. The number of nitrogens with two attached hydrogens (primary N) is 2. The minimum atomic E-state index is 0.406. The van der Waals surface area contributed by atoms with Crippen LogP contribution in [0.25, 0.3) is 0 Å². The lowest BCUT2D eigenvalue weighted by Crippen LogP contribution is -2.25. The quantitative estimate of drug-likeness (QED) is 0.686. The lowest BCUT2D eigenvalue weighted by atomic mass is 9.85. The Kier molecular flexibility index (Phi) is 8.51. The second kappa shape index (κ2) is 9.86. The Morgan fingerprint density at radius 1 is 1.09 bits per heavy atom. The Morgan fingerprint density at radius 2 is 1.77 bits per heavy atom. The predicted molar refractivity (Wildman–Crippen MR) is 95.6 cm³/mol. The summed E-state index contributed by atoms with van der Waals surface area (Å²) in [4.78, 5) is 0. The molecule has 22 heavy (non-hydrogen) atoms. The minimum Gasteiger partial charge on any atom is -0.493 e. The molecule has 0 saturated carbocycles. The highest BCUT2D eigenvalue weighted by atomic mass is 16.5. The molecule has 1 aromatic rings. The van der Waals surface area contributed by atoms with Gasteiger partial charge in [-0.3, -0.25) is 0 Å². The predicted octanol–water partition coefficient (Wildman–Crippen LogP) is 4.02. The first kappa shape index (κ1) is 19.0. The molecule has 1 rings (SSSR count). The summed E-state index contributed by atoms with van der Waals surface area (Å²) in [6.07, 6.45) is 3.21.